The van der Waals surface area contributed by atoms with Crippen LogP contribution in [-0.2, 0) is 9.59 Å². The van der Waals surface area contributed by atoms with Crippen molar-refractivity contribution in [3.05, 3.63) is 35.4 Å². The Morgan fingerprint density at radius 1 is 1.19 bits per heavy atom. The minimum Gasteiger partial charge on any atom is -0.478 e. The third-order valence-electron chi connectivity index (χ3n) is 3.35. The Hall–Kier alpha value is -2.70. The number of carboxylic acids is 1. The Kier molecular flexibility index (Phi) is 4.02. The van der Waals surface area contributed by atoms with Crippen LogP contribution in [0.4, 0.5) is 0 Å². The summed E-state index contributed by atoms with van der Waals surface area (Å²) < 4.78 is 0. The maximum absolute atomic E-state index is 12.0. The van der Waals surface area contributed by atoms with E-state index in [1.807, 2.05) is 0 Å². The number of carbonyl (C=O) groups is 4. The van der Waals surface area contributed by atoms with Crippen LogP contribution in [0.5, 0.6) is 0 Å². The summed E-state index contributed by atoms with van der Waals surface area (Å²) in [6.07, 6.45) is 0.464. The van der Waals surface area contributed by atoms with Crippen LogP contribution in [0, 0.1) is 0 Å². The van der Waals surface area contributed by atoms with Crippen LogP contribution in [0.1, 0.15) is 33.6 Å². The first-order valence-corrected chi connectivity index (χ1v) is 6.35. The van der Waals surface area contributed by atoms with Crippen molar-refractivity contribution in [3.63, 3.8) is 0 Å². The second-order valence-electron chi connectivity index (χ2n) is 4.74. The van der Waals surface area contributed by atoms with Gasteiger partial charge in [-0.2, -0.15) is 0 Å². The predicted octanol–water partition coefficient (Wildman–Crippen LogP) is 0.262. The molecule has 1 atom stereocenters. The summed E-state index contributed by atoms with van der Waals surface area (Å²) in [5.74, 6) is -2.27. The van der Waals surface area contributed by atoms with E-state index in [2.05, 4.69) is 5.32 Å². The molecule has 0 bridgehead atoms. The van der Waals surface area contributed by atoms with E-state index in [4.69, 9.17) is 5.11 Å². The lowest BCUT2D eigenvalue weighted by atomic mass is 10.0. The second kappa shape index (κ2) is 5.74. The summed E-state index contributed by atoms with van der Waals surface area (Å²) >= 11 is 0. The zero-order valence-electron chi connectivity index (χ0n) is 11.3. The largest absolute Gasteiger partial charge is 0.478 e. The number of benzene rings is 1. The third kappa shape index (κ3) is 3.07. The minimum atomic E-state index is -1.08. The molecule has 1 aliphatic heterocycles. The zero-order valence-corrected chi connectivity index (χ0v) is 11.3. The van der Waals surface area contributed by atoms with Crippen molar-refractivity contribution in [2.45, 2.75) is 18.9 Å². The van der Waals surface area contributed by atoms with Gasteiger partial charge in [-0.05, 0) is 30.7 Å². The fraction of sp³-hybridized carbons (Fsp3) is 0.286. The first-order chi connectivity index (χ1) is 9.90. The molecule has 0 radical (unpaired) electrons. The molecule has 7 nitrogen and oxygen atoms in total. The number of nitrogens with zero attached hydrogens (tertiary/aromatic N) is 1. The maximum Gasteiger partial charge on any atom is 0.335 e. The van der Waals surface area contributed by atoms with E-state index in [9.17, 15) is 19.2 Å². The fourth-order valence-electron chi connectivity index (χ4n) is 2.06. The van der Waals surface area contributed by atoms with Crippen molar-refractivity contribution < 1.29 is 24.3 Å². The van der Waals surface area contributed by atoms with Crippen molar-refractivity contribution in [2.24, 2.45) is 0 Å². The van der Waals surface area contributed by atoms with E-state index < -0.39 is 23.8 Å². The monoisotopic (exact) mass is 290 g/mol. The molecule has 110 valence electrons. The number of hydrogen-bond acceptors (Lipinski definition) is 4. The summed E-state index contributed by atoms with van der Waals surface area (Å²) in [4.78, 5) is 46.9. The number of amides is 3. The smallest absolute Gasteiger partial charge is 0.335 e. The molecule has 3 amide bonds. The lowest BCUT2D eigenvalue weighted by Crippen LogP contribution is -2.52. The van der Waals surface area contributed by atoms with Gasteiger partial charge in [-0.15, -0.1) is 0 Å². The molecule has 0 spiro atoms. The summed E-state index contributed by atoms with van der Waals surface area (Å²) in [7, 11) is 1.38. The number of aromatic carboxylic acids is 1. The Morgan fingerprint density at radius 3 is 2.33 bits per heavy atom. The molecular weight excluding hydrogens is 276 g/mol. The van der Waals surface area contributed by atoms with Gasteiger partial charge in [0.2, 0.25) is 5.91 Å². The highest BCUT2D eigenvalue weighted by atomic mass is 16.4. The van der Waals surface area contributed by atoms with Gasteiger partial charge in [0.25, 0.3) is 11.8 Å². The van der Waals surface area contributed by atoms with Crippen LogP contribution >= 0.6 is 0 Å². The van der Waals surface area contributed by atoms with Gasteiger partial charge in [0, 0.05) is 19.0 Å². The lowest BCUT2D eigenvalue weighted by molar-refractivity contribution is -0.147. The Bertz CT molecular complexity index is 608. The molecule has 1 unspecified atom stereocenters. The zero-order chi connectivity index (χ0) is 15.6. The van der Waals surface area contributed by atoms with E-state index in [0.717, 1.165) is 4.90 Å². The molecule has 21 heavy (non-hydrogen) atoms. The molecule has 0 saturated carbocycles. The van der Waals surface area contributed by atoms with Gasteiger partial charge in [-0.3, -0.25) is 19.3 Å². The highest BCUT2D eigenvalue weighted by Crippen LogP contribution is 2.12. The van der Waals surface area contributed by atoms with E-state index in [0.29, 0.717) is 0 Å². The van der Waals surface area contributed by atoms with Crippen LogP contribution < -0.4 is 5.32 Å². The number of imide groups is 1. The maximum atomic E-state index is 12.0. The van der Waals surface area contributed by atoms with Crippen molar-refractivity contribution in [3.8, 4) is 0 Å². The topological polar surface area (TPSA) is 104 Å². The first-order valence-electron chi connectivity index (χ1n) is 6.35. The number of nitrogens with one attached hydrogen (secondary N) is 1. The standard InChI is InChI=1S/C14H14N2O5/c1-16-11(17)7-6-10(13(16)19)15-12(18)8-2-4-9(5-3-8)14(20)21/h2-5,10H,6-7H2,1H3,(H,15,18)(H,20,21). The van der Waals surface area contributed by atoms with Crippen molar-refractivity contribution in [1.29, 1.82) is 0 Å². The third-order valence-corrected chi connectivity index (χ3v) is 3.35. The van der Waals surface area contributed by atoms with Gasteiger partial charge in [-0.25, -0.2) is 4.79 Å². The van der Waals surface area contributed by atoms with Gasteiger partial charge in [0.1, 0.15) is 6.04 Å². The van der Waals surface area contributed by atoms with Crippen LogP contribution in [-0.4, -0.2) is 46.8 Å². The van der Waals surface area contributed by atoms with E-state index in [1.165, 1.54) is 31.3 Å². The summed E-state index contributed by atoms with van der Waals surface area (Å²) in [6.45, 7) is 0. The highest BCUT2D eigenvalue weighted by molar-refractivity contribution is 6.03. The first kappa shape index (κ1) is 14.7. The van der Waals surface area contributed by atoms with Gasteiger partial charge < -0.3 is 10.4 Å². The summed E-state index contributed by atoms with van der Waals surface area (Å²) in [5.41, 5.74) is 0.331. The number of rotatable bonds is 3. The Morgan fingerprint density at radius 2 is 1.76 bits per heavy atom. The average molecular weight is 290 g/mol. The van der Waals surface area contributed by atoms with Crippen molar-refractivity contribution >= 4 is 23.7 Å². The predicted molar refractivity (Wildman–Crippen MR) is 71.7 cm³/mol. The number of carboxylic acid groups (broad SMARTS) is 1. The van der Waals surface area contributed by atoms with E-state index in [1.54, 1.807) is 0 Å². The van der Waals surface area contributed by atoms with Crippen LogP contribution in [0.2, 0.25) is 0 Å². The number of likely N-dealkylation sites (N-methyl/N-ethyl adjacent to an activating group) is 1. The quantitative estimate of drug-likeness (QED) is 0.777. The van der Waals surface area contributed by atoms with Crippen LogP contribution in [0.25, 0.3) is 0 Å². The molecule has 7 heteroatoms. The SMILES string of the molecule is CN1C(=O)CCC(NC(=O)c2ccc(C(=O)O)cc2)C1=O. The summed E-state index contributed by atoms with van der Waals surface area (Å²) in [5, 5.41) is 11.3. The molecule has 1 aromatic rings. The molecule has 1 fully saturated rings. The second-order valence-corrected chi connectivity index (χ2v) is 4.74. The Labute approximate surface area is 120 Å². The van der Waals surface area contributed by atoms with Gasteiger partial charge >= 0.3 is 5.97 Å². The molecule has 2 rings (SSSR count). The van der Waals surface area contributed by atoms with Gasteiger partial charge in [-0.1, -0.05) is 0 Å². The van der Waals surface area contributed by atoms with Crippen LogP contribution in [0.3, 0.4) is 0 Å². The molecule has 1 aliphatic rings. The molecule has 1 saturated heterocycles. The van der Waals surface area contributed by atoms with E-state index in [-0.39, 0.29) is 29.9 Å². The van der Waals surface area contributed by atoms with Crippen molar-refractivity contribution in [1.82, 2.24) is 10.2 Å². The molecule has 1 heterocycles. The molecule has 0 aliphatic carbocycles. The number of carbonyl (C=O) groups excluding carboxylic acids is 3. The molecule has 0 aromatic heterocycles. The summed E-state index contributed by atoms with van der Waals surface area (Å²) in [6, 6.07) is 4.65. The van der Waals surface area contributed by atoms with Gasteiger partial charge in [0.15, 0.2) is 0 Å². The lowest BCUT2D eigenvalue weighted by Gasteiger charge is -2.28. The molecule has 1 aromatic carbocycles. The van der Waals surface area contributed by atoms with Gasteiger partial charge in [0.05, 0.1) is 5.56 Å². The normalized spacial score (nSPS) is 18.5. The highest BCUT2D eigenvalue weighted by Gasteiger charge is 2.32. The van der Waals surface area contributed by atoms with E-state index >= 15 is 0 Å². The van der Waals surface area contributed by atoms with Crippen LogP contribution in [0.15, 0.2) is 24.3 Å². The number of piperidine rings is 1. The minimum absolute atomic E-state index is 0.0747. The van der Waals surface area contributed by atoms with Crippen molar-refractivity contribution in [2.75, 3.05) is 7.05 Å². The molecule has 2 N–H and O–H groups in total. The number of likely N-dealkylation sites (tertiary alicyclic amines) is 1. The number of hydrogen-bond donors (Lipinski definition) is 2. The molecular formula is C14H14N2O5. The Balaban J connectivity index is 2.06. The fourth-order valence-corrected chi connectivity index (χ4v) is 2.06. The average Bonchev–Trinajstić information content (AvgIpc) is 2.48.